The highest BCUT2D eigenvalue weighted by atomic mass is 35.5. The number of carbonyl (C=O) groups is 1. The summed E-state index contributed by atoms with van der Waals surface area (Å²) in [5.74, 6) is 1.62. The zero-order valence-corrected chi connectivity index (χ0v) is 5.71. The molecule has 0 bridgehead atoms. The molecule has 56 valence electrons. The minimum atomic E-state index is -3.66. The van der Waals surface area contributed by atoms with Crippen LogP contribution in [0.4, 0.5) is 8.78 Å². The molecular formula is C5H3ClF2O2. The lowest BCUT2D eigenvalue weighted by atomic mass is 10.6. The van der Waals surface area contributed by atoms with Crippen LogP contribution >= 0.6 is 11.6 Å². The number of alkyl halides is 3. The van der Waals surface area contributed by atoms with Gasteiger partial charge in [-0.1, -0.05) is 0 Å². The van der Waals surface area contributed by atoms with E-state index in [0.717, 1.165) is 7.11 Å². The van der Waals surface area contributed by atoms with Crippen molar-refractivity contribution >= 4 is 17.6 Å². The van der Waals surface area contributed by atoms with Crippen molar-refractivity contribution in [3.05, 3.63) is 0 Å². The van der Waals surface area contributed by atoms with Gasteiger partial charge in [0.15, 0.2) is 0 Å². The van der Waals surface area contributed by atoms with Crippen molar-refractivity contribution in [2.75, 3.05) is 7.11 Å². The van der Waals surface area contributed by atoms with Crippen molar-refractivity contribution in [1.29, 1.82) is 0 Å². The molecule has 0 saturated carbocycles. The highest BCUT2D eigenvalue weighted by Gasteiger charge is 2.20. The van der Waals surface area contributed by atoms with Gasteiger partial charge in [-0.2, -0.15) is 8.78 Å². The number of ether oxygens (including phenoxy) is 1. The number of halogens is 3. The highest BCUT2D eigenvalue weighted by molar-refractivity contribution is 6.23. The Hall–Kier alpha value is -0.820. The van der Waals surface area contributed by atoms with Gasteiger partial charge in [-0.25, -0.2) is 4.79 Å². The molecule has 0 aliphatic carbocycles. The van der Waals surface area contributed by atoms with E-state index < -0.39 is 11.4 Å². The van der Waals surface area contributed by atoms with Gasteiger partial charge in [0.25, 0.3) is 0 Å². The van der Waals surface area contributed by atoms with E-state index in [9.17, 15) is 13.6 Å². The molecule has 10 heavy (non-hydrogen) atoms. The summed E-state index contributed by atoms with van der Waals surface area (Å²) >= 11 is 4.32. The Labute approximate surface area is 61.1 Å². The first-order valence-electron chi connectivity index (χ1n) is 2.13. The lowest BCUT2D eigenvalue weighted by molar-refractivity contribution is -0.133. The molecular weight excluding hydrogens is 166 g/mol. The molecule has 2 nitrogen and oxygen atoms in total. The van der Waals surface area contributed by atoms with Crippen molar-refractivity contribution in [2.24, 2.45) is 0 Å². The van der Waals surface area contributed by atoms with E-state index >= 15 is 0 Å². The third-order valence-corrected chi connectivity index (χ3v) is 0.586. The summed E-state index contributed by atoms with van der Waals surface area (Å²) in [6, 6.07) is 0. The average Bonchev–Trinajstić information content (AvgIpc) is 1.81. The van der Waals surface area contributed by atoms with E-state index in [-0.39, 0.29) is 0 Å². The van der Waals surface area contributed by atoms with Crippen LogP contribution in [0, 0.1) is 11.8 Å². The monoisotopic (exact) mass is 168 g/mol. The molecule has 0 unspecified atom stereocenters. The molecule has 0 radical (unpaired) electrons. The zero-order chi connectivity index (χ0) is 8.20. The van der Waals surface area contributed by atoms with Gasteiger partial charge < -0.3 is 4.74 Å². The molecule has 0 aromatic rings. The van der Waals surface area contributed by atoms with Gasteiger partial charge in [0.1, 0.15) is 0 Å². The zero-order valence-electron chi connectivity index (χ0n) is 4.95. The predicted molar refractivity (Wildman–Crippen MR) is 30.6 cm³/mol. The van der Waals surface area contributed by atoms with Crippen molar-refractivity contribution in [3.8, 4) is 11.8 Å². The smallest absolute Gasteiger partial charge is 0.386 e. The van der Waals surface area contributed by atoms with Crippen LogP contribution in [0.5, 0.6) is 0 Å². The van der Waals surface area contributed by atoms with Crippen LogP contribution in [0.3, 0.4) is 0 Å². The van der Waals surface area contributed by atoms with Crippen molar-refractivity contribution in [2.45, 2.75) is 5.38 Å². The van der Waals surface area contributed by atoms with E-state index in [0.29, 0.717) is 0 Å². The normalized spacial score (nSPS) is 9.60. The summed E-state index contributed by atoms with van der Waals surface area (Å²) < 4.78 is 27.1. The van der Waals surface area contributed by atoms with Crippen LogP contribution in [-0.2, 0) is 9.53 Å². The van der Waals surface area contributed by atoms with Crippen LogP contribution in [0.2, 0.25) is 0 Å². The van der Waals surface area contributed by atoms with Crippen LogP contribution in [-0.4, -0.2) is 18.5 Å². The summed E-state index contributed by atoms with van der Waals surface area (Å²) in [7, 11) is 1.03. The molecule has 0 saturated heterocycles. The molecule has 0 spiro atoms. The number of esters is 1. The maximum absolute atomic E-state index is 11.6. The van der Waals surface area contributed by atoms with Crippen molar-refractivity contribution in [1.82, 2.24) is 0 Å². The third-order valence-electron chi connectivity index (χ3n) is 0.492. The van der Waals surface area contributed by atoms with Crippen LogP contribution < -0.4 is 0 Å². The maximum atomic E-state index is 11.6. The number of hydrogen-bond donors (Lipinski definition) is 0. The summed E-state index contributed by atoms with van der Waals surface area (Å²) in [5, 5.41) is -3.66. The molecule has 0 aliphatic rings. The molecule has 0 atom stereocenters. The molecule has 0 rings (SSSR count). The molecule has 0 aromatic carbocycles. The van der Waals surface area contributed by atoms with Crippen LogP contribution in [0.1, 0.15) is 0 Å². The Morgan fingerprint density at radius 1 is 1.70 bits per heavy atom. The maximum Gasteiger partial charge on any atom is 0.386 e. The second-order valence-electron chi connectivity index (χ2n) is 1.24. The van der Waals surface area contributed by atoms with Crippen LogP contribution in [0.15, 0.2) is 0 Å². The topological polar surface area (TPSA) is 26.3 Å². The lowest BCUT2D eigenvalue weighted by Gasteiger charge is -1.92. The Morgan fingerprint density at radius 3 is 2.50 bits per heavy atom. The van der Waals surface area contributed by atoms with Gasteiger partial charge in [0, 0.05) is 11.8 Å². The van der Waals surface area contributed by atoms with Gasteiger partial charge in [-0.15, -0.1) is 0 Å². The molecule has 0 aliphatic heterocycles. The van der Waals surface area contributed by atoms with Gasteiger partial charge in [-0.05, 0) is 11.6 Å². The minimum absolute atomic E-state index is 1.03. The number of hydrogen-bond acceptors (Lipinski definition) is 2. The summed E-state index contributed by atoms with van der Waals surface area (Å²) in [4.78, 5) is 10.1. The molecule has 0 aromatic heterocycles. The van der Waals surface area contributed by atoms with Gasteiger partial charge in [-0.3, -0.25) is 0 Å². The van der Waals surface area contributed by atoms with Crippen molar-refractivity contribution in [3.63, 3.8) is 0 Å². The summed E-state index contributed by atoms with van der Waals surface area (Å²) in [6.07, 6.45) is 0. The predicted octanol–water partition coefficient (Wildman–Crippen LogP) is 0.994. The van der Waals surface area contributed by atoms with Crippen molar-refractivity contribution < 1.29 is 18.3 Å². The number of methoxy groups -OCH3 is 1. The van der Waals surface area contributed by atoms with Gasteiger partial charge in [0.05, 0.1) is 7.11 Å². The molecule has 5 heteroatoms. The van der Waals surface area contributed by atoms with E-state index in [1.165, 1.54) is 11.8 Å². The second-order valence-corrected chi connectivity index (χ2v) is 1.71. The number of rotatable bonds is 0. The van der Waals surface area contributed by atoms with Gasteiger partial charge in [0.2, 0.25) is 0 Å². The SMILES string of the molecule is COC(=O)C#CC(F)(F)Cl. The Balaban J connectivity index is 4.05. The largest absolute Gasteiger partial charge is 0.459 e. The fraction of sp³-hybridized carbons (Fsp3) is 0.400. The van der Waals surface area contributed by atoms with E-state index in [2.05, 4.69) is 16.3 Å². The Kier molecular flexibility index (Phi) is 3.10. The average molecular weight is 169 g/mol. The first-order chi connectivity index (χ1) is 4.45. The molecule has 0 heterocycles. The first kappa shape index (κ1) is 9.18. The fourth-order valence-corrected chi connectivity index (χ4v) is 0.220. The summed E-state index contributed by atoms with van der Waals surface area (Å²) in [6.45, 7) is 0. The standard InChI is InChI=1S/C5H3ClF2O2/c1-10-4(9)2-3-5(6,7)8/h1H3. The molecule has 0 fully saturated rings. The first-order valence-corrected chi connectivity index (χ1v) is 2.51. The van der Waals surface area contributed by atoms with E-state index in [4.69, 9.17) is 0 Å². The third kappa shape index (κ3) is 5.32. The quantitative estimate of drug-likeness (QED) is 0.233. The summed E-state index contributed by atoms with van der Waals surface area (Å²) in [5.41, 5.74) is 0. The number of carbonyl (C=O) groups excluding carboxylic acids is 1. The minimum Gasteiger partial charge on any atom is -0.459 e. The van der Waals surface area contributed by atoms with E-state index in [1.54, 1.807) is 0 Å². The van der Waals surface area contributed by atoms with Gasteiger partial charge >= 0.3 is 11.4 Å². The Bertz CT molecular complexity index is 186. The highest BCUT2D eigenvalue weighted by Crippen LogP contribution is 2.15. The fourth-order valence-electron chi connectivity index (χ4n) is 0.173. The molecule has 0 amide bonds. The second kappa shape index (κ2) is 3.37. The molecule has 0 N–H and O–H groups in total. The Morgan fingerprint density at radius 2 is 2.20 bits per heavy atom. The van der Waals surface area contributed by atoms with Crippen LogP contribution in [0.25, 0.3) is 0 Å². The van der Waals surface area contributed by atoms with E-state index in [1.807, 2.05) is 0 Å². The lowest BCUT2D eigenvalue weighted by Crippen LogP contribution is -2.03.